The number of nitrogens with zero attached hydrogens (tertiary/aromatic N) is 1. The van der Waals surface area contributed by atoms with Gasteiger partial charge < -0.3 is 15.5 Å². The van der Waals surface area contributed by atoms with Crippen molar-refractivity contribution < 1.29 is 4.79 Å². The first-order chi connectivity index (χ1) is 9.63. The molecule has 1 heterocycles. The number of hydrogen-bond donors (Lipinski definition) is 2. The lowest BCUT2D eigenvalue weighted by molar-refractivity contribution is 0.0963. The van der Waals surface area contributed by atoms with Crippen molar-refractivity contribution >= 4 is 11.6 Å². The fourth-order valence-electron chi connectivity index (χ4n) is 2.72. The first-order valence-electron chi connectivity index (χ1n) is 7.45. The number of nitrogens with one attached hydrogen (secondary N) is 2. The molecule has 1 aliphatic heterocycles. The van der Waals surface area contributed by atoms with Crippen molar-refractivity contribution in [3.63, 3.8) is 0 Å². The Morgan fingerprint density at radius 1 is 1.35 bits per heavy atom. The topological polar surface area (TPSA) is 44.4 Å². The van der Waals surface area contributed by atoms with Crippen molar-refractivity contribution in [2.75, 3.05) is 32.0 Å². The molecule has 0 atom stereocenters. The summed E-state index contributed by atoms with van der Waals surface area (Å²) in [4.78, 5) is 14.1. The molecule has 2 N–H and O–H groups in total. The summed E-state index contributed by atoms with van der Waals surface area (Å²) in [5.41, 5.74) is 2.99. The maximum absolute atomic E-state index is 11.6. The Bertz CT molecular complexity index is 465. The highest BCUT2D eigenvalue weighted by Crippen LogP contribution is 2.21. The minimum Gasteiger partial charge on any atom is -0.382 e. The van der Waals surface area contributed by atoms with Crippen LogP contribution in [0.2, 0.25) is 0 Å². The highest BCUT2D eigenvalue weighted by Gasteiger charge is 2.18. The zero-order chi connectivity index (χ0) is 14.5. The molecule has 1 saturated heterocycles. The number of rotatable bonds is 4. The molecular formula is C16H25N3O. The summed E-state index contributed by atoms with van der Waals surface area (Å²) in [7, 11) is 1.66. The molecule has 4 nitrogen and oxygen atoms in total. The molecule has 0 aliphatic carbocycles. The zero-order valence-electron chi connectivity index (χ0n) is 12.7. The normalized spacial score (nSPS) is 16.9. The third-order valence-corrected chi connectivity index (χ3v) is 4.11. The predicted octanol–water partition coefficient (Wildman–Crippen LogP) is 2.25. The van der Waals surface area contributed by atoms with Crippen molar-refractivity contribution in [1.29, 1.82) is 0 Å². The van der Waals surface area contributed by atoms with E-state index in [1.807, 2.05) is 18.2 Å². The largest absolute Gasteiger partial charge is 0.382 e. The maximum atomic E-state index is 11.6. The predicted molar refractivity (Wildman–Crippen MR) is 83.3 cm³/mol. The number of carbonyl (C=O) groups excluding carboxylic acids is 1. The van der Waals surface area contributed by atoms with Crippen LogP contribution >= 0.6 is 0 Å². The van der Waals surface area contributed by atoms with Crippen LogP contribution in [0, 0.1) is 6.92 Å². The van der Waals surface area contributed by atoms with E-state index in [2.05, 4.69) is 29.4 Å². The Labute approximate surface area is 121 Å². The molecule has 1 aromatic carbocycles. The van der Waals surface area contributed by atoms with Crippen LogP contribution < -0.4 is 10.6 Å². The van der Waals surface area contributed by atoms with Crippen LogP contribution in [0.3, 0.4) is 0 Å². The Morgan fingerprint density at radius 2 is 2.05 bits per heavy atom. The van der Waals surface area contributed by atoms with E-state index in [9.17, 15) is 4.79 Å². The van der Waals surface area contributed by atoms with Gasteiger partial charge in [-0.25, -0.2) is 0 Å². The standard InChI is InChI=1S/C16H25N3O/c1-4-19-9-7-14(8-10-19)18-15-6-5-13(11-12(15)2)16(20)17-3/h5-6,11,14,18H,4,7-10H2,1-3H3,(H,17,20). The molecule has 0 spiro atoms. The number of aryl methyl sites for hydroxylation is 1. The Hall–Kier alpha value is -1.55. The van der Waals surface area contributed by atoms with Crippen molar-refractivity contribution in [2.24, 2.45) is 0 Å². The van der Waals surface area contributed by atoms with E-state index in [0.29, 0.717) is 6.04 Å². The second kappa shape index (κ2) is 6.75. The molecule has 1 aromatic rings. The smallest absolute Gasteiger partial charge is 0.251 e. The molecule has 0 bridgehead atoms. The average Bonchev–Trinajstić information content (AvgIpc) is 2.49. The summed E-state index contributed by atoms with van der Waals surface area (Å²) in [5, 5.41) is 6.28. The SMILES string of the molecule is CCN1CCC(Nc2ccc(C(=O)NC)cc2C)CC1. The third kappa shape index (κ3) is 3.51. The summed E-state index contributed by atoms with van der Waals surface area (Å²) < 4.78 is 0. The molecule has 0 radical (unpaired) electrons. The molecule has 1 amide bonds. The van der Waals surface area contributed by atoms with Gasteiger partial charge in [0.05, 0.1) is 0 Å². The lowest BCUT2D eigenvalue weighted by Gasteiger charge is -2.32. The van der Waals surface area contributed by atoms with Crippen LogP contribution in [0.5, 0.6) is 0 Å². The van der Waals surface area contributed by atoms with Gasteiger partial charge in [-0.2, -0.15) is 0 Å². The fourth-order valence-corrected chi connectivity index (χ4v) is 2.72. The number of hydrogen-bond acceptors (Lipinski definition) is 3. The van der Waals surface area contributed by atoms with Crippen molar-refractivity contribution in [3.8, 4) is 0 Å². The van der Waals surface area contributed by atoms with Gasteiger partial charge in [-0.05, 0) is 50.1 Å². The van der Waals surface area contributed by atoms with Crippen LogP contribution in [0.4, 0.5) is 5.69 Å². The number of amides is 1. The van der Waals surface area contributed by atoms with Gasteiger partial charge in [0.15, 0.2) is 0 Å². The molecule has 2 rings (SSSR count). The fraction of sp³-hybridized carbons (Fsp3) is 0.562. The van der Waals surface area contributed by atoms with Gasteiger partial charge in [-0.15, -0.1) is 0 Å². The van der Waals surface area contributed by atoms with Crippen molar-refractivity contribution in [1.82, 2.24) is 10.2 Å². The van der Waals surface area contributed by atoms with Gasteiger partial charge >= 0.3 is 0 Å². The van der Waals surface area contributed by atoms with Gasteiger partial charge in [0.2, 0.25) is 0 Å². The molecular weight excluding hydrogens is 250 g/mol. The third-order valence-electron chi connectivity index (χ3n) is 4.11. The van der Waals surface area contributed by atoms with Crippen LogP contribution in [-0.4, -0.2) is 43.5 Å². The van der Waals surface area contributed by atoms with Crippen LogP contribution in [0.15, 0.2) is 18.2 Å². The molecule has 0 aromatic heterocycles. The maximum Gasteiger partial charge on any atom is 0.251 e. The molecule has 1 fully saturated rings. The first-order valence-corrected chi connectivity index (χ1v) is 7.45. The number of benzene rings is 1. The Balaban J connectivity index is 1.98. The first kappa shape index (κ1) is 14.9. The van der Waals surface area contributed by atoms with Crippen molar-refractivity contribution in [2.45, 2.75) is 32.7 Å². The molecule has 1 aliphatic rings. The van der Waals surface area contributed by atoms with Gasteiger partial charge in [-0.3, -0.25) is 4.79 Å². The highest BCUT2D eigenvalue weighted by molar-refractivity contribution is 5.94. The summed E-state index contributed by atoms with van der Waals surface area (Å²) in [6.45, 7) is 7.75. The van der Waals surface area contributed by atoms with E-state index in [1.54, 1.807) is 7.05 Å². The second-order valence-corrected chi connectivity index (χ2v) is 5.46. The van der Waals surface area contributed by atoms with Crippen LogP contribution in [-0.2, 0) is 0 Å². The zero-order valence-corrected chi connectivity index (χ0v) is 12.7. The molecule has 20 heavy (non-hydrogen) atoms. The van der Waals surface area contributed by atoms with E-state index in [0.717, 1.165) is 23.4 Å². The lowest BCUT2D eigenvalue weighted by atomic mass is 10.0. The Morgan fingerprint density at radius 3 is 2.60 bits per heavy atom. The number of piperidine rings is 1. The van der Waals surface area contributed by atoms with E-state index < -0.39 is 0 Å². The van der Waals surface area contributed by atoms with Crippen molar-refractivity contribution in [3.05, 3.63) is 29.3 Å². The van der Waals surface area contributed by atoms with Gasteiger partial charge in [0.1, 0.15) is 0 Å². The van der Waals surface area contributed by atoms with E-state index >= 15 is 0 Å². The summed E-state index contributed by atoms with van der Waals surface area (Å²) in [6, 6.07) is 6.39. The quantitative estimate of drug-likeness (QED) is 0.886. The van der Waals surface area contributed by atoms with E-state index in [4.69, 9.17) is 0 Å². The van der Waals surface area contributed by atoms with Gasteiger partial charge in [-0.1, -0.05) is 6.92 Å². The minimum atomic E-state index is -0.0316. The number of carbonyl (C=O) groups is 1. The summed E-state index contributed by atoms with van der Waals surface area (Å²) in [5.74, 6) is -0.0316. The summed E-state index contributed by atoms with van der Waals surface area (Å²) in [6.07, 6.45) is 2.37. The van der Waals surface area contributed by atoms with Crippen LogP contribution in [0.25, 0.3) is 0 Å². The van der Waals surface area contributed by atoms with Crippen LogP contribution in [0.1, 0.15) is 35.7 Å². The monoisotopic (exact) mass is 275 g/mol. The summed E-state index contributed by atoms with van der Waals surface area (Å²) >= 11 is 0. The van der Waals surface area contributed by atoms with Gasteiger partial charge in [0, 0.05) is 37.4 Å². The molecule has 110 valence electrons. The number of anilines is 1. The second-order valence-electron chi connectivity index (χ2n) is 5.46. The van der Waals surface area contributed by atoms with E-state index in [1.165, 1.54) is 25.9 Å². The molecule has 0 saturated carbocycles. The highest BCUT2D eigenvalue weighted by atomic mass is 16.1. The average molecular weight is 275 g/mol. The number of likely N-dealkylation sites (tertiary alicyclic amines) is 1. The molecule has 4 heteroatoms. The molecule has 0 unspecified atom stereocenters. The Kier molecular flexibility index (Phi) is 5.01. The lowest BCUT2D eigenvalue weighted by Crippen LogP contribution is -2.38. The minimum absolute atomic E-state index is 0.0316. The van der Waals surface area contributed by atoms with E-state index in [-0.39, 0.29) is 5.91 Å². The van der Waals surface area contributed by atoms with Gasteiger partial charge in [0.25, 0.3) is 5.91 Å².